The van der Waals surface area contributed by atoms with Crippen LogP contribution in [0.25, 0.3) is 10.9 Å². The van der Waals surface area contributed by atoms with Crippen molar-refractivity contribution in [1.82, 2.24) is 21.2 Å². The van der Waals surface area contributed by atoms with Crippen LogP contribution >= 0.6 is 0 Å². The van der Waals surface area contributed by atoms with E-state index in [1.807, 2.05) is 24.3 Å². The van der Waals surface area contributed by atoms with Crippen LogP contribution in [-0.4, -0.2) is 33.9 Å². The van der Waals surface area contributed by atoms with Gasteiger partial charge in [0.15, 0.2) is 0 Å². The van der Waals surface area contributed by atoms with Crippen LogP contribution in [0.1, 0.15) is 22.8 Å². The molecule has 0 aliphatic carbocycles. The summed E-state index contributed by atoms with van der Waals surface area (Å²) in [6.07, 6.45) is 2.02. The molecule has 0 aliphatic rings. The maximum Gasteiger partial charge on any atom is 0.273 e. The summed E-state index contributed by atoms with van der Waals surface area (Å²) < 4.78 is 0. The topological polar surface area (TPSA) is 123 Å². The third-order valence-electron chi connectivity index (χ3n) is 4.24. The Kier molecular flexibility index (Phi) is 5.59. The highest BCUT2D eigenvalue weighted by atomic mass is 16.3. The van der Waals surface area contributed by atoms with Crippen molar-refractivity contribution >= 4 is 28.6 Å². The number of aromatic nitrogens is 1. The van der Waals surface area contributed by atoms with Crippen LogP contribution in [0, 0.1) is 0 Å². The van der Waals surface area contributed by atoms with Gasteiger partial charge in [0, 0.05) is 30.4 Å². The molecular weight excluding hydrogens is 360 g/mol. The van der Waals surface area contributed by atoms with Crippen LogP contribution in [0.5, 0.6) is 5.75 Å². The van der Waals surface area contributed by atoms with Gasteiger partial charge < -0.3 is 15.4 Å². The summed E-state index contributed by atoms with van der Waals surface area (Å²) >= 11 is 0. The van der Waals surface area contributed by atoms with E-state index in [4.69, 9.17) is 0 Å². The monoisotopic (exact) mass is 380 g/mol. The number of rotatable bonds is 5. The summed E-state index contributed by atoms with van der Waals surface area (Å²) in [7, 11) is 0. The molecule has 2 aromatic carbocycles. The third kappa shape index (κ3) is 4.29. The number of aromatic amines is 1. The first-order valence-corrected chi connectivity index (χ1v) is 8.66. The summed E-state index contributed by atoms with van der Waals surface area (Å²) in [4.78, 5) is 39.3. The maximum absolute atomic E-state index is 12.5. The number of hydrazine groups is 1. The highest BCUT2D eigenvalue weighted by Gasteiger charge is 2.22. The van der Waals surface area contributed by atoms with Gasteiger partial charge in [0.25, 0.3) is 11.8 Å². The summed E-state index contributed by atoms with van der Waals surface area (Å²) in [6.45, 7) is 1.32. The molecule has 0 saturated carbocycles. The molecule has 144 valence electrons. The standard InChI is InChI=1S/C20H20N4O4/c1-12(25)22-17(10-13-11-21-16-8-4-2-6-14(13)16)20(28)24-23-19(27)15-7-3-5-9-18(15)26/h2-9,11,17,21,26H,10H2,1H3,(H,22,25)(H,23,27)(H,24,28)/t17-/m1/s1. The fourth-order valence-electron chi connectivity index (χ4n) is 2.91. The molecule has 5 N–H and O–H groups in total. The van der Waals surface area contributed by atoms with Crippen molar-refractivity contribution in [3.63, 3.8) is 0 Å². The SMILES string of the molecule is CC(=O)N[C@H](Cc1c[nH]c2ccccc12)C(=O)NNC(=O)c1ccccc1O. The Labute approximate surface area is 160 Å². The molecule has 8 heteroatoms. The van der Waals surface area contributed by atoms with Gasteiger partial charge in [-0.05, 0) is 23.8 Å². The second-order valence-corrected chi connectivity index (χ2v) is 6.28. The second-order valence-electron chi connectivity index (χ2n) is 6.28. The van der Waals surface area contributed by atoms with Gasteiger partial charge in [-0.3, -0.25) is 25.2 Å². The molecule has 1 aromatic heterocycles. The van der Waals surface area contributed by atoms with Crippen molar-refractivity contribution in [1.29, 1.82) is 0 Å². The number of carbonyl (C=O) groups excluding carboxylic acids is 3. The van der Waals surface area contributed by atoms with Gasteiger partial charge in [-0.25, -0.2) is 0 Å². The Hall–Kier alpha value is -3.81. The van der Waals surface area contributed by atoms with Crippen LogP contribution in [0.15, 0.2) is 54.7 Å². The minimum absolute atomic E-state index is 0.0236. The number of phenolic OH excluding ortho intramolecular Hbond substituents is 1. The van der Waals surface area contributed by atoms with E-state index in [0.29, 0.717) is 0 Å². The van der Waals surface area contributed by atoms with Gasteiger partial charge >= 0.3 is 0 Å². The number of hydrogen-bond donors (Lipinski definition) is 5. The van der Waals surface area contributed by atoms with Crippen molar-refractivity contribution in [2.24, 2.45) is 0 Å². The average molecular weight is 380 g/mol. The van der Waals surface area contributed by atoms with Gasteiger partial charge in [0.1, 0.15) is 11.8 Å². The fraction of sp³-hybridized carbons (Fsp3) is 0.150. The minimum atomic E-state index is -0.888. The summed E-state index contributed by atoms with van der Waals surface area (Å²) in [5.74, 6) is -1.82. The number of para-hydroxylation sites is 2. The molecule has 0 radical (unpaired) electrons. The van der Waals surface area contributed by atoms with E-state index < -0.39 is 17.9 Å². The van der Waals surface area contributed by atoms with E-state index in [9.17, 15) is 19.5 Å². The van der Waals surface area contributed by atoms with Gasteiger partial charge in [-0.1, -0.05) is 30.3 Å². The van der Waals surface area contributed by atoms with Crippen molar-refractivity contribution in [3.8, 4) is 5.75 Å². The first-order chi connectivity index (χ1) is 13.5. The number of aromatic hydroxyl groups is 1. The van der Waals surface area contributed by atoms with Crippen molar-refractivity contribution in [3.05, 3.63) is 65.9 Å². The molecule has 0 fully saturated rings. The highest BCUT2D eigenvalue weighted by molar-refractivity contribution is 5.98. The Balaban J connectivity index is 1.70. The Morgan fingerprint density at radius 1 is 1.04 bits per heavy atom. The Morgan fingerprint density at radius 2 is 1.75 bits per heavy atom. The zero-order chi connectivity index (χ0) is 20.1. The molecule has 1 heterocycles. The van der Waals surface area contributed by atoms with E-state index in [-0.39, 0.29) is 23.6 Å². The van der Waals surface area contributed by atoms with Crippen LogP contribution in [0.3, 0.4) is 0 Å². The van der Waals surface area contributed by atoms with E-state index in [2.05, 4.69) is 21.2 Å². The van der Waals surface area contributed by atoms with Gasteiger partial charge in [-0.2, -0.15) is 0 Å². The van der Waals surface area contributed by atoms with Crippen LogP contribution in [0.4, 0.5) is 0 Å². The normalized spacial score (nSPS) is 11.6. The number of amides is 3. The zero-order valence-corrected chi connectivity index (χ0v) is 15.2. The quantitative estimate of drug-likeness (QED) is 0.429. The predicted molar refractivity (Wildman–Crippen MR) is 103 cm³/mol. The van der Waals surface area contributed by atoms with E-state index in [0.717, 1.165) is 16.5 Å². The van der Waals surface area contributed by atoms with Crippen molar-refractivity contribution in [2.45, 2.75) is 19.4 Å². The molecule has 0 aliphatic heterocycles. The van der Waals surface area contributed by atoms with Crippen molar-refractivity contribution < 1.29 is 19.5 Å². The van der Waals surface area contributed by atoms with Gasteiger partial charge in [0.2, 0.25) is 5.91 Å². The molecule has 0 saturated heterocycles. The molecule has 0 bridgehead atoms. The Morgan fingerprint density at radius 3 is 2.50 bits per heavy atom. The molecule has 3 rings (SSSR count). The number of fused-ring (bicyclic) bond motifs is 1. The number of H-pyrrole nitrogens is 1. The number of benzene rings is 2. The molecule has 3 amide bonds. The number of nitrogens with one attached hydrogen (secondary N) is 4. The molecule has 3 aromatic rings. The zero-order valence-electron chi connectivity index (χ0n) is 15.2. The predicted octanol–water partition coefficient (Wildman–Crippen LogP) is 1.38. The van der Waals surface area contributed by atoms with Crippen LogP contribution < -0.4 is 16.2 Å². The van der Waals surface area contributed by atoms with Gasteiger partial charge in [-0.15, -0.1) is 0 Å². The molecule has 28 heavy (non-hydrogen) atoms. The van der Waals surface area contributed by atoms with Crippen LogP contribution in [0.2, 0.25) is 0 Å². The molecule has 8 nitrogen and oxygen atoms in total. The molecular formula is C20H20N4O4. The first-order valence-electron chi connectivity index (χ1n) is 8.66. The van der Waals surface area contributed by atoms with Crippen molar-refractivity contribution in [2.75, 3.05) is 0 Å². The first kappa shape index (κ1) is 19.0. The lowest BCUT2D eigenvalue weighted by molar-refractivity contribution is -0.128. The lowest BCUT2D eigenvalue weighted by Gasteiger charge is -2.18. The molecule has 0 unspecified atom stereocenters. The summed E-state index contributed by atoms with van der Waals surface area (Å²) in [5.41, 5.74) is 6.36. The lowest BCUT2D eigenvalue weighted by atomic mass is 10.0. The third-order valence-corrected chi connectivity index (χ3v) is 4.24. The number of hydrogen-bond acceptors (Lipinski definition) is 4. The number of phenols is 1. The second kappa shape index (κ2) is 8.26. The molecule has 0 spiro atoms. The lowest BCUT2D eigenvalue weighted by Crippen LogP contribution is -2.52. The fourth-order valence-corrected chi connectivity index (χ4v) is 2.91. The average Bonchev–Trinajstić information content (AvgIpc) is 3.08. The minimum Gasteiger partial charge on any atom is -0.507 e. The van der Waals surface area contributed by atoms with Crippen LogP contribution in [-0.2, 0) is 16.0 Å². The van der Waals surface area contributed by atoms with E-state index in [1.54, 1.807) is 18.3 Å². The van der Waals surface area contributed by atoms with E-state index in [1.165, 1.54) is 19.1 Å². The largest absolute Gasteiger partial charge is 0.507 e. The highest BCUT2D eigenvalue weighted by Crippen LogP contribution is 2.19. The molecule has 1 atom stereocenters. The Bertz CT molecular complexity index is 1030. The summed E-state index contributed by atoms with van der Waals surface area (Å²) in [5, 5.41) is 13.3. The van der Waals surface area contributed by atoms with Gasteiger partial charge in [0.05, 0.1) is 5.56 Å². The summed E-state index contributed by atoms with van der Waals surface area (Å²) in [6, 6.07) is 12.7. The number of carbonyl (C=O) groups is 3. The maximum atomic E-state index is 12.5. The smallest absolute Gasteiger partial charge is 0.273 e. The van der Waals surface area contributed by atoms with E-state index >= 15 is 0 Å².